The second-order valence-corrected chi connectivity index (χ2v) is 5.10. The van der Waals surface area contributed by atoms with Crippen LogP contribution in [0.25, 0.3) is 0 Å². The highest BCUT2D eigenvalue weighted by Crippen LogP contribution is 2.45. The number of ether oxygens (including phenoxy) is 3. The molecule has 2 aliphatic heterocycles. The number of fused-ring (bicyclic) bond motifs is 2. The normalized spacial score (nSPS) is 18.6. The van der Waals surface area contributed by atoms with E-state index in [4.69, 9.17) is 19.9 Å². The lowest BCUT2D eigenvalue weighted by molar-refractivity contribution is 0.174. The van der Waals surface area contributed by atoms with Crippen molar-refractivity contribution in [3.63, 3.8) is 0 Å². The Morgan fingerprint density at radius 1 is 1.36 bits per heavy atom. The number of nitrogens with one attached hydrogen (secondary N) is 1. The molecule has 7 heteroatoms. The van der Waals surface area contributed by atoms with Gasteiger partial charge in [-0.15, -0.1) is 5.10 Å². The highest BCUT2D eigenvalue weighted by atomic mass is 16.7. The van der Waals surface area contributed by atoms with E-state index in [-0.39, 0.29) is 18.6 Å². The second-order valence-electron chi connectivity index (χ2n) is 5.10. The van der Waals surface area contributed by atoms with Gasteiger partial charge in [-0.25, -0.2) is 0 Å². The van der Waals surface area contributed by atoms with Gasteiger partial charge in [-0.05, 0) is 24.6 Å². The number of allylic oxidation sites excluding steroid dienone is 1. The summed E-state index contributed by atoms with van der Waals surface area (Å²) in [5, 5.41) is 16.5. The SMILES string of the molecule is Cc1[nH]nc2c1[C@@H](c1ccc3c(c1)OCO3)C(C#N)=C(N)O2. The molecule has 0 bridgehead atoms. The number of hydrogen-bond donors (Lipinski definition) is 2. The van der Waals surface area contributed by atoms with Crippen LogP contribution in [0.5, 0.6) is 17.4 Å². The molecule has 0 saturated heterocycles. The number of nitrogens with zero attached hydrogens (tertiary/aromatic N) is 2. The third-order valence-electron chi connectivity index (χ3n) is 3.86. The maximum Gasteiger partial charge on any atom is 0.244 e. The Balaban J connectivity index is 1.92. The van der Waals surface area contributed by atoms with Crippen LogP contribution in [-0.4, -0.2) is 17.0 Å². The van der Waals surface area contributed by atoms with Crippen LogP contribution in [0.2, 0.25) is 0 Å². The van der Waals surface area contributed by atoms with Gasteiger partial charge in [0.2, 0.25) is 18.6 Å². The van der Waals surface area contributed by atoms with Crippen LogP contribution in [-0.2, 0) is 0 Å². The minimum atomic E-state index is -0.345. The molecule has 0 unspecified atom stereocenters. The van der Waals surface area contributed by atoms with E-state index in [1.165, 1.54) is 0 Å². The zero-order valence-corrected chi connectivity index (χ0v) is 11.7. The van der Waals surface area contributed by atoms with Gasteiger partial charge in [0.05, 0.1) is 5.92 Å². The van der Waals surface area contributed by atoms with Gasteiger partial charge in [0.15, 0.2) is 11.5 Å². The molecular weight excluding hydrogens is 284 g/mol. The van der Waals surface area contributed by atoms with E-state index in [2.05, 4.69) is 16.3 Å². The molecule has 110 valence electrons. The van der Waals surface area contributed by atoms with E-state index in [0.717, 1.165) is 16.8 Å². The Labute approximate surface area is 125 Å². The maximum absolute atomic E-state index is 9.49. The molecule has 1 atom stereocenters. The first-order valence-corrected chi connectivity index (χ1v) is 6.71. The van der Waals surface area contributed by atoms with Crippen molar-refractivity contribution in [2.24, 2.45) is 5.73 Å². The third kappa shape index (κ3) is 1.64. The van der Waals surface area contributed by atoms with Crippen LogP contribution in [0.15, 0.2) is 29.7 Å². The Kier molecular flexibility index (Phi) is 2.53. The van der Waals surface area contributed by atoms with Gasteiger partial charge in [-0.1, -0.05) is 6.07 Å². The maximum atomic E-state index is 9.49. The third-order valence-corrected chi connectivity index (χ3v) is 3.86. The Hall–Kier alpha value is -3.14. The summed E-state index contributed by atoms with van der Waals surface area (Å²) in [5.41, 5.74) is 8.75. The quantitative estimate of drug-likeness (QED) is 0.829. The van der Waals surface area contributed by atoms with Crippen molar-refractivity contribution in [2.45, 2.75) is 12.8 Å². The van der Waals surface area contributed by atoms with Crippen LogP contribution in [0.4, 0.5) is 0 Å². The van der Waals surface area contributed by atoms with E-state index >= 15 is 0 Å². The van der Waals surface area contributed by atoms with Crippen molar-refractivity contribution in [1.29, 1.82) is 5.26 Å². The van der Waals surface area contributed by atoms with Crippen molar-refractivity contribution in [3.8, 4) is 23.4 Å². The Morgan fingerprint density at radius 2 is 2.18 bits per heavy atom. The average molecular weight is 296 g/mol. The van der Waals surface area contributed by atoms with Gasteiger partial charge in [-0.2, -0.15) is 5.26 Å². The smallest absolute Gasteiger partial charge is 0.244 e. The van der Waals surface area contributed by atoms with E-state index in [0.29, 0.717) is 23.0 Å². The first-order chi connectivity index (χ1) is 10.7. The summed E-state index contributed by atoms with van der Waals surface area (Å²) in [5.74, 6) is 1.47. The van der Waals surface area contributed by atoms with E-state index in [1.54, 1.807) is 0 Å². The molecule has 0 saturated carbocycles. The van der Waals surface area contributed by atoms with Gasteiger partial charge >= 0.3 is 0 Å². The molecule has 7 nitrogen and oxygen atoms in total. The Morgan fingerprint density at radius 3 is 3.00 bits per heavy atom. The summed E-state index contributed by atoms with van der Waals surface area (Å²) in [7, 11) is 0. The first-order valence-electron chi connectivity index (χ1n) is 6.71. The fraction of sp³-hybridized carbons (Fsp3) is 0.200. The minimum Gasteiger partial charge on any atom is -0.454 e. The summed E-state index contributed by atoms with van der Waals surface area (Å²) in [4.78, 5) is 0. The predicted octanol–water partition coefficient (Wildman–Crippen LogP) is 1.67. The van der Waals surface area contributed by atoms with Crippen molar-refractivity contribution < 1.29 is 14.2 Å². The van der Waals surface area contributed by atoms with Crippen molar-refractivity contribution in [3.05, 3.63) is 46.5 Å². The summed E-state index contributed by atoms with van der Waals surface area (Å²) >= 11 is 0. The lowest BCUT2D eigenvalue weighted by atomic mass is 9.84. The summed E-state index contributed by atoms with van der Waals surface area (Å²) < 4.78 is 16.2. The molecular formula is C15H12N4O3. The van der Waals surface area contributed by atoms with Gasteiger partial charge < -0.3 is 19.9 Å². The molecule has 0 fully saturated rings. The topological polar surface area (TPSA) is 106 Å². The highest BCUT2D eigenvalue weighted by molar-refractivity contribution is 5.57. The molecule has 2 aliphatic rings. The predicted molar refractivity (Wildman–Crippen MR) is 75.2 cm³/mol. The van der Waals surface area contributed by atoms with Crippen molar-refractivity contribution in [1.82, 2.24) is 10.2 Å². The van der Waals surface area contributed by atoms with Crippen molar-refractivity contribution >= 4 is 0 Å². The highest BCUT2D eigenvalue weighted by Gasteiger charge is 2.34. The number of benzene rings is 1. The molecule has 1 aromatic carbocycles. The van der Waals surface area contributed by atoms with E-state index in [1.807, 2.05) is 25.1 Å². The number of nitrogens with two attached hydrogens (primary N) is 1. The monoisotopic (exact) mass is 296 g/mol. The Bertz CT molecular complexity index is 847. The fourth-order valence-electron chi connectivity index (χ4n) is 2.82. The molecule has 22 heavy (non-hydrogen) atoms. The fourth-order valence-corrected chi connectivity index (χ4v) is 2.82. The van der Waals surface area contributed by atoms with Crippen LogP contribution >= 0.6 is 0 Å². The van der Waals surface area contributed by atoms with Gasteiger partial charge in [0.25, 0.3) is 0 Å². The standard InChI is InChI=1S/C15H12N4O3/c1-7-12-13(8-2-3-10-11(4-8)21-6-20-10)9(5-16)14(17)22-15(12)19-18-7/h2-4,13H,6,17H2,1H3,(H,18,19)/t13-/m0/s1. The molecule has 0 amide bonds. The largest absolute Gasteiger partial charge is 0.454 e. The molecule has 0 aliphatic carbocycles. The van der Waals surface area contributed by atoms with Gasteiger partial charge in [0.1, 0.15) is 11.6 Å². The molecule has 0 radical (unpaired) electrons. The van der Waals surface area contributed by atoms with Crippen LogP contribution in [0.1, 0.15) is 22.7 Å². The van der Waals surface area contributed by atoms with Gasteiger partial charge in [0, 0.05) is 11.3 Å². The van der Waals surface area contributed by atoms with Crippen molar-refractivity contribution in [2.75, 3.05) is 6.79 Å². The molecule has 3 heterocycles. The van der Waals surface area contributed by atoms with E-state index in [9.17, 15) is 5.26 Å². The first kappa shape index (κ1) is 12.6. The number of hydrogen-bond acceptors (Lipinski definition) is 6. The van der Waals surface area contributed by atoms with Crippen LogP contribution in [0.3, 0.4) is 0 Å². The number of nitriles is 1. The molecule has 4 rings (SSSR count). The second kappa shape index (κ2) is 4.43. The number of aromatic nitrogens is 2. The summed E-state index contributed by atoms with van der Waals surface area (Å²) in [6.45, 7) is 2.08. The van der Waals surface area contributed by atoms with E-state index < -0.39 is 0 Å². The molecule has 3 N–H and O–H groups in total. The number of aromatic amines is 1. The zero-order chi connectivity index (χ0) is 15.3. The number of rotatable bonds is 1. The zero-order valence-electron chi connectivity index (χ0n) is 11.7. The minimum absolute atomic E-state index is 0.0733. The summed E-state index contributed by atoms with van der Waals surface area (Å²) in [6.07, 6.45) is 0. The molecule has 1 aromatic heterocycles. The lowest BCUT2D eigenvalue weighted by Gasteiger charge is -2.23. The van der Waals surface area contributed by atoms with Crippen LogP contribution < -0.4 is 19.9 Å². The molecule has 0 spiro atoms. The number of H-pyrrole nitrogens is 1. The summed E-state index contributed by atoms with van der Waals surface area (Å²) in [6, 6.07) is 7.72. The molecule has 2 aromatic rings. The average Bonchev–Trinajstić information content (AvgIpc) is 3.12. The van der Waals surface area contributed by atoms with Crippen LogP contribution in [0, 0.1) is 18.3 Å². The van der Waals surface area contributed by atoms with Gasteiger partial charge in [-0.3, -0.25) is 5.10 Å². The number of aryl methyl sites for hydroxylation is 1. The lowest BCUT2D eigenvalue weighted by Crippen LogP contribution is -2.21.